The van der Waals surface area contributed by atoms with Gasteiger partial charge in [0.15, 0.2) is 0 Å². The lowest BCUT2D eigenvalue weighted by Crippen LogP contribution is -2.33. The number of nitrogens with two attached hydrogens (primary N) is 2. The number of anilines is 1. The second-order valence-electron chi connectivity index (χ2n) is 4.38. The lowest BCUT2D eigenvalue weighted by molar-refractivity contribution is 0.397. The minimum absolute atomic E-state index is 0.0116. The highest BCUT2D eigenvalue weighted by molar-refractivity contribution is 9.10. The molecule has 6 heteroatoms. The smallest absolute Gasteiger partial charge is 0.263 e. The van der Waals surface area contributed by atoms with Crippen LogP contribution in [-0.2, 0) is 0 Å². The number of nitrogen functional groups attached to an aromatic ring is 2. The molecule has 1 aromatic rings. The van der Waals surface area contributed by atoms with E-state index in [2.05, 4.69) is 15.9 Å². The number of hydrogen-bond donors (Lipinski definition) is 3. The molecule has 0 fully saturated rings. The summed E-state index contributed by atoms with van der Waals surface area (Å²) in [7, 11) is 0. The quantitative estimate of drug-likeness (QED) is 0.585. The molecule has 0 saturated carbocycles. The largest absolute Gasteiger partial charge is 0.397 e. The topological polar surface area (TPSA) is 97.9 Å². The van der Waals surface area contributed by atoms with Gasteiger partial charge in [-0.3, -0.25) is 10.2 Å². The van der Waals surface area contributed by atoms with Crippen molar-refractivity contribution in [2.45, 2.75) is 26.8 Å². The predicted octanol–water partition coefficient (Wildman–Crippen LogP) is 1.69. The van der Waals surface area contributed by atoms with E-state index in [1.54, 1.807) is 10.8 Å². The number of halogens is 1. The Balaban J connectivity index is 3.56. The molecule has 1 heterocycles. The summed E-state index contributed by atoms with van der Waals surface area (Å²) < 4.78 is 2.14. The Bertz CT molecular complexity index is 507. The first-order valence-electron chi connectivity index (χ1n) is 5.31. The lowest BCUT2D eigenvalue weighted by atomic mass is 10.1. The average molecular weight is 301 g/mol. The van der Waals surface area contributed by atoms with Crippen molar-refractivity contribution in [1.82, 2.24) is 4.57 Å². The van der Waals surface area contributed by atoms with Gasteiger partial charge in [0.1, 0.15) is 11.4 Å². The van der Waals surface area contributed by atoms with Crippen molar-refractivity contribution in [2.24, 2.45) is 11.7 Å². The molecule has 0 radical (unpaired) electrons. The van der Waals surface area contributed by atoms with Crippen molar-refractivity contribution in [3.8, 4) is 0 Å². The van der Waals surface area contributed by atoms with Gasteiger partial charge in [-0.05, 0) is 28.8 Å². The molecule has 0 spiro atoms. The highest BCUT2D eigenvalue weighted by Gasteiger charge is 2.18. The highest BCUT2D eigenvalue weighted by atomic mass is 79.9. The number of rotatable bonds is 3. The summed E-state index contributed by atoms with van der Waals surface area (Å²) >= 11 is 3.28. The van der Waals surface area contributed by atoms with Crippen LogP contribution in [0.1, 0.15) is 32.4 Å². The fraction of sp³-hybridized carbons (Fsp3) is 0.455. The van der Waals surface area contributed by atoms with Gasteiger partial charge in [0, 0.05) is 12.2 Å². The van der Waals surface area contributed by atoms with Crippen molar-refractivity contribution in [2.75, 3.05) is 5.73 Å². The fourth-order valence-electron chi connectivity index (χ4n) is 1.50. The zero-order chi connectivity index (χ0) is 13.3. The summed E-state index contributed by atoms with van der Waals surface area (Å²) in [5.74, 6) is -0.0125. The zero-order valence-electron chi connectivity index (χ0n) is 10.1. The van der Waals surface area contributed by atoms with Crippen molar-refractivity contribution in [1.29, 1.82) is 5.41 Å². The molecular weight excluding hydrogens is 284 g/mol. The fourth-order valence-corrected chi connectivity index (χ4v) is 1.92. The van der Waals surface area contributed by atoms with Gasteiger partial charge in [-0.15, -0.1) is 0 Å². The maximum Gasteiger partial charge on any atom is 0.263 e. The third kappa shape index (κ3) is 2.52. The Labute approximate surface area is 108 Å². The second-order valence-corrected chi connectivity index (χ2v) is 5.23. The van der Waals surface area contributed by atoms with E-state index in [1.807, 2.05) is 20.8 Å². The normalized spacial score (nSPS) is 12.8. The number of nitrogens with zero attached hydrogens (tertiary/aromatic N) is 1. The van der Waals surface area contributed by atoms with Gasteiger partial charge in [0.05, 0.1) is 10.2 Å². The Kier molecular flexibility index (Phi) is 3.98. The Morgan fingerprint density at radius 2 is 2.00 bits per heavy atom. The van der Waals surface area contributed by atoms with Crippen LogP contribution in [0.25, 0.3) is 0 Å². The molecule has 0 unspecified atom stereocenters. The van der Waals surface area contributed by atoms with E-state index in [0.717, 1.165) is 0 Å². The molecule has 0 bridgehead atoms. The van der Waals surface area contributed by atoms with Crippen molar-refractivity contribution >= 4 is 27.5 Å². The van der Waals surface area contributed by atoms with Crippen molar-refractivity contribution in [3.63, 3.8) is 0 Å². The molecule has 17 heavy (non-hydrogen) atoms. The number of pyridine rings is 1. The van der Waals surface area contributed by atoms with Gasteiger partial charge in [-0.2, -0.15) is 0 Å². The first-order chi connectivity index (χ1) is 7.77. The third-order valence-corrected chi connectivity index (χ3v) is 3.53. The van der Waals surface area contributed by atoms with E-state index in [0.29, 0.717) is 10.4 Å². The number of hydrogen-bond acceptors (Lipinski definition) is 3. The standard InChI is InChI=1S/C11H17BrN4O/c1-5(2)6(3)16-4-7(12)9(13)8(10(14)15)11(16)17/h4-6H,13H2,1-3H3,(H3,14,15)/t6-/m1/s1. The Hall–Kier alpha value is -1.30. The van der Waals surface area contributed by atoms with Gasteiger partial charge in [0.2, 0.25) is 0 Å². The molecule has 0 saturated heterocycles. The molecule has 5 N–H and O–H groups in total. The van der Waals surface area contributed by atoms with Crippen LogP contribution in [-0.4, -0.2) is 10.4 Å². The van der Waals surface area contributed by atoms with E-state index >= 15 is 0 Å². The van der Waals surface area contributed by atoms with E-state index in [9.17, 15) is 4.79 Å². The number of amidine groups is 1. The summed E-state index contributed by atoms with van der Waals surface area (Å²) in [6.07, 6.45) is 1.65. The summed E-state index contributed by atoms with van der Waals surface area (Å²) in [5, 5.41) is 7.42. The summed E-state index contributed by atoms with van der Waals surface area (Å²) in [6.45, 7) is 5.99. The first-order valence-corrected chi connectivity index (χ1v) is 6.11. The molecule has 0 aliphatic heterocycles. The number of nitrogens with one attached hydrogen (secondary N) is 1. The molecule has 1 rings (SSSR count). The lowest BCUT2D eigenvalue weighted by Gasteiger charge is -2.21. The summed E-state index contributed by atoms with van der Waals surface area (Å²) in [6, 6.07) is 0.0116. The molecule has 0 aliphatic rings. The molecule has 0 aromatic carbocycles. The van der Waals surface area contributed by atoms with Gasteiger partial charge in [-0.25, -0.2) is 0 Å². The zero-order valence-corrected chi connectivity index (χ0v) is 11.7. The van der Waals surface area contributed by atoms with Gasteiger partial charge in [0.25, 0.3) is 5.56 Å². The van der Waals surface area contributed by atoms with Crippen LogP contribution >= 0.6 is 15.9 Å². The van der Waals surface area contributed by atoms with Crippen LogP contribution in [0.5, 0.6) is 0 Å². The van der Waals surface area contributed by atoms with Crippen LogP contribution in [0.4, 0.5) is 5.69 Å². The molecule has 94 valence electrons. The summed E-state index contributed by atoms with van der Waals surface area (Å²) in [4.78, 5) is 12.2. The van der Waals surface area contributed by atoms with Crippen LogP contribution in [0.3, 0.4) is 0 Å². The Morgan fingerprint density at radius 3 is 2.41 bits per heavy atom. The van der Waals surface area contributed by atoms with E-state index < -0.39 is 0 Å². The van der Waals surface area contributed by atoms with Gasteiger partial charge in [-0.1, -0.05) is 13.8 Å². The van der Waals surface area contributed by atoms with Crippen molar-refractivity contribution in [3.05, 3.63) is 26.6 Å². The highest BCUT2D eigenvalue weighted by Crippen LogP contribution is 2.23. The Morgan fingerprint density at radius 1 is 1.47 bits per heavy atom. The van der Waals surface area contributed by atoms with E-state index in [4.69, 9.17) is 16.9 Å². The summed E-state index contributed by atoms with van der Waals surface area (Å²) in [5.41, 5.74) is 11.1. The van der Waals surface area contributed by atoms with E-state index in [1.165, 1.54) is 0 Å². The SMILES string of the molecule is CC(C)[C@@H](C)n1cc(Br)c(N)c(C(=N)N)c1=O. The monoisotopic (exact) mass is 300 g/mol. The number of aromatic nitrogens is 1. The molecule has 1 atom stereocenters. The maximum atomic E-state index is 12.2. The molecule has 0 amide bonds. The predicted molar refractivity (Wildman–Crippen MR) is 73.4 cm³/mol. The van der Waals surface area contributed by atoms with Gasteiger partial charge >= 0.3 is 0 Å². The minimum atomic E-state index is -0.320. The van der Waals surface area contributed by atoms with Gasteiger partial charge < -0.3 is 16.0 Å². The van der Waals surface area contributed by atoms with Crippen LogP contribution in [0.15, 0.2) is 15.5 Å². The maximum absolute atomic E-state index is 12.2. The molecular formula is C11H17BrN4O. The van der Waals surface area contributed by atoms with E-state index in [-0.39, 0.29) is 28.7 Å². The molecule has 5 nitrogen and oxygen atoms in total. The molecule has 0 aliphatic carbocycles. The minimum Gasteiger partial charge on any atom is -0.397 e. The second kappa shape index (κ2) is 4.91. The average Bonchev–Trinajstić information content (AvgIpc) is 2.22. The first kappa shape index (κ1) is 13.8. The third-order valence-electron chi connectivity index (χ3n) is 2.90. The van der Waals surface area contributed by atoms with Crippen molar-refractivity contribution < 1.29 is 0 Å². The van der Waals surface area contributed by atoms with Crippen LogP contribution in [0, 0.1) is 11.3 Å². The van der Waals surface area contributed by atoms with Crippen LogP contribution < -0.4 is 17.0 Å². The van der Waals surface area contributed by atoms with Crippen LogP contribution in [0.2, 0.25) is 0 Å². The molecule has 1 aromatic heterocycles.